The summed E-state index contributed by atoms with van der Waals surface area (Å²) in [7, 11) is 0. The quantitative estimate of drug-likeness (QED) is 0.468. The number of aromatic nitrogens is 3. The van der Waals surface area contributed by atoms with Crippen LogP contribution in [0, 0.1) is 0 Å². The summed E-state index contributed by atoms with van der Waals surface area (Å²) in [5, 5.41) is 9.85. The van der Waals surface area contributed by atoms with Crippen molar-refractivity contribution in [2.45, 2.75) is 12.2 Å². The SMILES string of the molecule is C/C(C[Se]c1ccccc1)=C(/c1ccccc1)n1nnc2ccccc21. The van der Waals surface area contributed by atoms with Crippen LogP contribution in [0.4, 0.5) is 0 Å². The molecule has 0 atom stereocenters. The van der Waals surface area contributed by atoms with Gasteiger partial charge in [-0.05, 0) is 0 Å². The predicted octanol–water partition coefficient (Wildman–Crippen LogP) is 4.16. The van der Waals surface area contributed by atoms with E-state index < -0.39 is 0 Å². The Balaban J connectivity index is 1.78. The molecule has 0 saturated carbocycles. The standard InChI is InChI=1S/C22H19N3Se/c1-17(16-26-19-12-6-3-7-13-19)22(18-10-4-2-5-11-18)25-21-15-9-8-14-20(21)23-24-25/h2-15H,16H2,1H3/b22-17+. The molecule has 0 aliphatic heterocycles. The number of hydrogen-bond donors (Lipinski definition) is 0. The van der Waals surface area contributed by atoms with Gasteiger partial charge < -0.3 is 0 Å². The number of hydrogen-bond acceptors (Lipinski definition) is 2. The van der Waals surface area contributed by atoms with E-state index in [2.05, 4.69) is 77.9 Å². The molecule has 4 aromatic rings. The van der Waals surface area contributed by atoms with Gasteiger partial charge in [0.05, 0.1) is 0 Å². The zero-order valence-corrected chi connectivity index (χ0v) is 16.3. The van der Waals surface area contributed by atoms with E-state index in [0.29, 0.717) is 15.0 Å². The summed E-state index contributed by atoms with van der Waals surface area (Å²) in [5.74, 6) is 0. The van der Waals surface area contributed by atoms with Crippen LogP contribution in [0.2, 0.25) is 5.32 Å². The van der Waals surface area contributed by atoms with Gasteiger partial charge in [-0.1, -0.05) is 0 Å². The van der Waals surface area contributed by atoms with Crippen LogP contribution < -0.4 is 4.46 Å². The first kappa shape index (κ1) is 16.8. The second-order valence-electron chi connectivity index (χ2n) is 6.09. The van der Waals surface area contributed by atoms with E-state index in [1.165, 1.54) is 15.6 Å². The van der Waals surface area contributed by atoms with E-state index in [-0.39, 0.29) is 0 Å². The van der Waals surface area contributed by atoms with Gasteiger partial charge in [0.1, 0.15) is 0 Å². The molecule has 26 heavy (non-hydrogen) atoms. The molecule has 0 radical (unpaired) electrons. The number of para-hydroxylation sites is 1. The van der Waals surface area contributed by atoms with E-state index in [4.69, 9.17) is 0 Å². The first-order chi connectivity index (χ1) is 12.8. The van der Waals surface area contributed by atoms with Gasteiger partial charge in [0.2, 0.25) is 0 Å². The summed E-state index contributed by atoms with van der Waals surface area (Å²) in [6, 6.07) is 29.3. The van der Waals surface area contributed by atoms with Gasteiger partial charge in [0.15, 0.2) is 0 Å². The predicted molar refractivity (Wildman–Crippen MR) is 109 cm³/mol. The second kappa shape index (κ2) is 7.69. The molecule has 0 N–H and O–H groups in total. The summed E-state index contributed by atoms with van der Waals surface area (Å²) in [4.78, 5) is 0. The molecule has 1 heterocycles. The third-order valence-electron chi connectivity index (χ3n) is 4.21. The summed E-state index contributed by atoms with van der Waals surface area (Å²) >= 11 is 0.391. The summed E-state index contributed by atoms with van der Waals surface area (Å²) in [6.07, 6.45) is 0. The van der Waals surface area contributed by atoms with Gasteiger partial charge in [-0.3, -0.25) is 0 Å². The van der Waals surface area contributed by atoms with Gasteiger partial charge in [-0.25, -0.2) is 0 Å². The molecular weight excluding hydrogens is 385 g/mol. The molecular formula is C22H19N3Se. The molecule has 3 nitrogen and oxygen atoms in total. The van der Waals surface area contributed by atoms with Gasteiger partial charge >= 0.3 is 159 Å². The van der Waals surface area contributed by atoms with Crippen LogP contribution in [0.3, 0.4) is 0 Å². The van der Waals surface area contributed by atoms with Crippen molar-refractivity contribution in [2.24, 2.45) is 0 Å². The van der Waals surface area contributed by atoms with Gasteiger partial charge in [0, 0.05) is 0 Å². The van der Waals surface area contributed by atoms with Crippen molar-refractivity contribution in [3.05, 3.63) is 96.1 Å². The normalized spacial score (nSPS) is 12.2. The second-order valence-corrected chi connectivity index (χ2v) is 8.29. The van der Waals surface area contributed by atoms with Crippen molar-refractivity contribution >= 4 is 36.1 Å². The molecule has 0 unspecified atom stereocenters. The Morgan fingerprint density at radius 3 is 2.27 bits per heavy atom. The van der Waals surface area contributed by atoms with Crippen molar-refractivity contribution in [3.63, 3.8) is 0 Å². The molecule has 128 valence electrons. The zero-order valence-electron chi connectivity index (χ0n) is 14.5. The van der Waals surface area contributed by atoms with E-state index in [0.717, 1.165) is 22.0 Å². The molecule has 0 amide bonds. The minimum atomic E-state index is 0.391. The van der Waals surface area contributed by atoms with Crippen molar-refractivity contribution in [1.82, 2.24) is 15.0 Å². The van der Waals surface area contributed by atoms with E-state index >= 15 is 0 Å². The van der Waals surface area contributed by atoms with Crippen molar-refractivity contribution < 1.29 is 0 Å². The topological polar surface area (TPSA) is 30.7 Å². The maximum atomic E-state index is 4.46. The van der Waals surface area contributed by atoms with E-state index in [9.17, 15) is 0 Å². The fourth-order valence-electron chi connectivity index (χ4n) is 2.96. The maximum absolute atomic E-state index is 4.46. The molecule has 0 bridgehead atoms. The van der Waals surface area contributed by atoms with Gasteiger partial charge in [0.25, 0.3) is 0 Å². The molecule has 0 aliphatic carbocycles. The first-order valence-electron chi connectivity index (χ1n) is 8.57. The number of allylic oxidation sites excluding steroid dienone is 1. The Kier molecular flexibility index (Phi) is 4.96. The van der Waals surface area contributed by atoms with Gasteiger partial charge in [-0.15, -0.1) is 0 Å². The van der Waals surface area contributed by atoms with E-state index in [1.807, 2.05) is 28.9 Å². The van der Waals surface area contributed by atoms with Crippen molar-refractivity contribution in [1.29, 1.82) is 0 Å². The van der Waals surface area contributed by atoms with Crippen LogP contribution in [0.1, 0.15) is 12.5 Å². The molecule has 0 fully saturated rings. The van der Waals surface area contributed by atoms with Crippen LogP contribution in [0.15, 0.2) is 90.5 Å². The zero-order chi connectivity index (χ0) is 17.8. The van der Waals surface area contributed by atoms with Crippen LogP contribution in [-0.4, -0.2) is 30.0 Å². The van der Waals surface area contributed by atoms with E-state index in [1.54, 1.807) is 0 Å². The van der Waals surface area contributed by atoms with Crippen molar-refractivity contribution in [2.75, 3.05) is 0 Å². The molecule has 1 aromatic heterocycles. The van der Waals surface area contributed by atoms with Crippen molar-refractivity contribution in [3.8, 4) is 0 Å². The minimum absolute atomic E-state index is 0.391. The fourth-order valence-corrected chi connectivity index (χ4v) is 4.78. The van der Waals surface area contributed by atoms with Crippen LogP contribution in [0.5, 0.6) is 0 Å². The number of fused-ring (bicyclic) bond motifs is 1. The Hall–Kier alpha value is -2.68. The third-order valence-corrected chi connectivity index (χ3v) is 6.70. The molecule has 0 saturated heterocycles. The number of nitrogens with zero attached hydrogens (tertiary/aromatic N) is 3. The Labute approximate surface area is 159 Å². The average molecular weight is 404 g/mol. The molecule has 0 spiro atoms. The summed E-state index contributed by atoms with van der Waals surface area (Å²) in [6.45, 7) is 2.21. The first-order valence-corrected chi connectivity index (χ1v) is 10.6. The monoisotopic (exact) mass is 405 g/mol. The number of benzene rings is 3. The van der Waals surface area contributed by atoms with Crippen LogP contribution in [-0.2, 0) is 0 Å². The summed E-state index contributed by atoms with van der Waals surface area (Å²) in [5.41, 5.74) is 5.59. The molecule has 3 aromatic carbocycles. The Bertz CT molecular complexity index is 1040. The van der Waals surface area contributed by atoms with Crippen LogP contribution >= 0.6 is 0 Å². The van der Waals surface area contributed by atoms with Gasteiger partial charge in [-0.2, -0.15) is 0 Å². The summed E-state index contributed by atoms with van der Waals surface area (Å²) < 4.78 is 3.40. The molecule has 4 heteroatoms. The molecule has 4 rings (SSSR count). The Morgan fingerprint density at radius 2 is 1.50 bits per heavy atom. The van der Waals surface area contributed by atoms with Crippen LogP contribution in [0.25, 0.3) is 16.7 Å². The average Bonchev–Trinajstić information content (AvgIpc) is 3.12. The third kappa shape index (κ3) is 3.48. The fraction of sp³-hybridized carbons (Fsp3) is 0.0909. The molecule has 0 aliphatic rings. The number of rotatable bonds is 5. The Morgan fingerprint density at radius 1 is 0.846 bits per heavy atom.